The van der Waals surface area contributed by atoms with Gasteiger partial charge in [0, 0.05) is 56.2 Å². The van der Waals surface area contributed by atoms with E-state index < -0.39 is 0 Å². The quantitative estimate of drug-likeness (QED) is 0.238. The number of aromatic nitrogens is 2. The summed E-state index contributed by atoms with van der Waals surface area (Å²) in [5.41, 5.74) is 7.11. The van der Waals surface area contributed by atoms with Gasteiger partial charge < -0.3 is 14.8 Å². The molecule has 38 heavy (non-hydrogen) atoms. The molecule has 6 rings (SSSR count). The summed E-state index contributed by atoms with van der Waals surface area (Å²) in [6.45, 7) is 7.39. The summed E-state index contributed by atoms with van der Waals surface area (Å²) in [5, 5.41) is 3.61. The summed E-state index contributed by atoms with van der Waals surface area (Å²) < 4.78 is 2.32. The van der Waals surface area contributed by atoms with Gasteiger partial charge in [0.2, 0.25) is 0 Å². The van der Waals surface area contributed by atoms with E-state index in [4.69, 9.17) is 4.98 Å². The minimum atomic E-state index is 0.802. The van der Waals surface area contributed by atoms with Crippen molar-refractivity contribution in [3.05, 3.63) is 115 Å². The monoisotopic (exact) mass is 501 g/mol. The van der Waals surface area contributed by atoms with Crippen molar-refractivity contribution in [1.29, 1.82) is 0 Å². The van der Waals surface area contributed by atoms with E-state index in [1.807, 2.05) is 0 Å². The fraction of sp³-hybridized carbons (Fsp3) is 0.242. The maximum absolute atomic E-state index is 4.99. The Morgan fingerprint density at radius 1 is 0.684 bits per heavy atom. The molecule has 0 atom stereocenters. The Kier molecular flexibility index (Phi) is 7.36. The Balaban J connectivity index is 1.04. The van der Waals surface area contributed by atoms with Crippen LogP contribution in [0.2, 0.25) is 0 Å². The highest BCUT2D eigenvalue weighted by molar-refractivity contribution is 5.81. The Morgan fingerprint density at radius 2 is 1.37 bits per heavy atom. The van der Waals surface area contributed by atoms with Gasteiger partial charge in [-0.25, -0.2) is 4.98 Å². The molecule has 0 radical (unpaired) electrons. The maximum Gasteiger partial charge on any atom is 0.141 e. The lowest BCUT2D eigenvalue weighted by Gasteiger charge is -2.36. The van der Waals surface area contributed by atoms with Crippen molar-refractivity contribution < 1.29 is 0 Å². The number of rotatable bonds is 9. The van der Waals surface area contributed by atoms with Gasteiger partial charge in [-0.2, -0.15) is 0 Å². The third-order valence-electron chi connectivity index (χ3n) is 7.46. The molecule has 2 heterocycles. The van der Waals surface area contributed by atoms with Crippen LogP contribution < -0.4 is 10.2 Å². The highest BCUT2D eigenvalue weighted by Crippen LogP contribution is 2.27. The number of piperazine rings is 1. The Morgan fingerprint density at radius 3 is 2.13 bits per heavy atom. The van der Waals surface area contributed by atoms with Crippen LogP contribution in [0.3, 0.4) is 0 Å². The van der Waals surface area contributed by atoms with Crippen LogP contribution in [0.1, 0.15) is 12.0 Å². The molecule has 4 aromatic carbocycles. The Bertz CT molecular complexity index is 1440. The fourth-order valence-electron chi connectivity index (χ4n) is 5.36. The summed E-state index contributed by atoms with van der Waals surface area (Å²) in [6.07, 6.45) is 1.14. The minimum Gasteiger partial charge on any atom is -0.385 e. The van der Waals surface area contributed by atoms with Crippen molar-refractivity contribution in [3.8, 4) is 11.4 Å². The molecule has 1 fully saturated rings. The van der Waals surface area contributed by atoms with Gasteiger partial charge in [-0.1, -0.05) is 60.7 Å². The van der Waals surface area contributed by atoms with Gasteiger partial charge in [0.25, 0.3) is 0 Å². The van der Waals surface area contributed by atoms with Gasteiger partial charge in [0.05, 0.1) is 11.0 Å². The van der Waals surface area contributed by atoms with Crippen LogP contribution >= 0.6 is 0 Å². The highest BCUT2D eigenvalue weighted by Gasteiger charge is 2.16. The molecular weight excluding hydrogens is 466 g/mol. The fourth-order valence-corrected chi connectivity index (χ4v) is 5.36. The lowest BCUT2D eigenvalue weighted by atomic mass is 10.1. The van der Waals surface area contributed by atoms with Crippen molar-refractivity contribution in [1.82, 2.24) is 14.5 Å². The molecule has 1 aromatic heterocycles. The minimum absolute atomic E-state index is 0.802. The Hall–Kier alpha value is -4.09. The summed E-state index contributed by atoms with van der Waals surface area (Å²) in [4.78, 5) is 10.1. The van der Waals surface area contributed by atoms with Crippen molar-refractivity contribution in [3.63, 3.8) is 0 Å². The van der Waals surface area contributed by atoms with E-state index in [2.05, 4.69) is 129 Å². The summed E-state index contributed by atoms with van der Waals surface area (Å²) >= 11 is 0. The molecule has 5 heteroatoms. The molecule has 192 valence electrons. The first kappa shape index (κ1) is 24.3. The molecule has 0 bridgehead atoms. The third kappa shape index (κ3) is 5.58. The molecule has 0 amide bonds. The van der Waals surface area contributed by atoms with Gasteiger partial charge in [0.1, 0.15) is 5.82 Å². The molecule has 0 saturated carbocycles. The number of hydrogen-bond donors (Lipinski definition) is 1. The van der Waals surface area contributed by atoms with Crippen molar-refractivity contribution >= 4 is 22.4 Å². The molecular formula is C33H35N5. The second kappa shape index (κ2) is 11.5. The van der Waals surface area contributed by atoms with Crippen molar-refractivity contribution in [2.75, 3.05) is 49.5 Å². The third-order valence-corrected chi connectivity index (χ3v) is 7.46. The molecule has 1 saturated heterocycles. The smallest absolute Gasteiger partial charge is 0.141 e. The van der Waals surface area contributed by atoms with E-state index in [0.717, 1.165) is 80.3 Å². The standard InChI is InChI=1S/C33H35N5/c1-3-10-27(11-4-1)26-38-32-15-8-7-14-31(32)35-33(38)28-16-18-29(19-17-28)34-20-9-21-36-22-24-37(25-23-36)30-12-5-2-6-13-30/h1-8,10-19,34H,9,20-26H2. The van der Waals surface area contributed by atoms with E-state index in [-0.39, 0.29) is 0 Å². The second-order valence-corrected chi connectivity index (χ2v) is 10.0. The number of imidazole rings is 1. The molecule has 5 nitrogen and oxygen atoms in total. The zero-order chi connectivity index (χ0) is 25.6. The predicted octanol–water partition coefficient (Wildman–Crippen LogP) is 6.38. The van der Waals surface area contributed by atoms with Crippen LogP contribution in [0.5, 0.6) is 0 Å². The van der Waals surface area contributed by atoms with E-state index in [1.165, 1.54) is 11.3 Å². The number of para-hydroxylation sites is 3. The zero-order valence-corrected chi connectivity index (χ0v) is 21.8. The van der Waals surface area contributed by atoms with Crippen LogP contribution in [-0.4, -0.2) is 53.7 Å². The van der Waals surface area contributed by atoms with Crippen LogP contribution in [0.15, 0.2) is 109 Å². The summed E-state index contributed by atoms with van der Waals surface area (Å²) in [6, 6.07) is 38.5. The summed E-state index contributed by atoms with van der Waals surface area (Å²) in [7, 11) is 0. The van der Waals surface area contributed by atoms with Crippen molar-refractivity contribution in [2.45, 2.75) is 13.0 Å². The molecule has 1 N–H and O–H groups in total. The van der Waals surface area contributed by atoms with Gasteiger partial charge in [-0.05, 0) is 67.1 Å². The number of benzene rings is 4. The van der Waals surface area contributed by atoms with Crippen LogP contribution in [-0.2, 0) is 6.54 Å². The van der Waals surface area contributed by atoms with Gasteiger partial charge >= 0.3 is 0 Å². The number of fused-ring (bicyclic) bond motifs is 1. The molecule has 5 aromatic rings. The molecule has 0 aliphatic carbocycles. The van der Waals surface area contributed by atoms with Gasteiger partial charge in [0.15, 0.2) is 0 Å². The average Bonchev–Trinajstić information content (AvgIpc) is 3.35. The zero-order valence-electron chi connectivity index (χ0n) is 21.8. The molecule has 0 spiro atoms. The number of nitrogens with zero attached hydrogens (tertiary/aromatic N) is 4. The molecule has 0 unspecified atom stereocenters. The van der Waals surface area contributed by atoms with Crippen LogP contribution in [0, 0.1) is 0 Å². The Labute approximate surface area is 225 Å². The van der Waals surface area contributed by atoms with E-state index in [1.54, 1.807) is 0 Å². The lowest BCUT2D eigenvalue weighted by Crippen LogP contribution is -2.46. The second-order valence-electron chi connectivity index (χ2n) is 10.0. The highest BCUT2D eigenvalue weighted by atomic mass is 15.3. The maximum atomic E-state index is 4.99. The lowest BCUT2D eigenvalue weighted by molar-refractivity contribution is 0.257. The average molecular weight is 502 g/mol. The topological polar surface area (TPSA) is 36.3 Å². The summed E-state index contributed by atoms with van der Waals surface area (Å²) in [5.74, 6) is 1.01. The van der Waals surface area contributed by atoms with Crippen LogP contribution in [0.4, 0.5) is 11.4 Å². The van der Waals surface area contributed by atoms with Gasteiger partial charge in [-0.3, -0.25) is 4.90 Å². The first-order valence-electron chi connectivity index (χ1n) is 13.7. The normalized spacial score (nSPS) is 14.2. The number of nitrogens with one attached hydrogen (secondary N) is 1. The van der Waals surface area contributed by atoms with Gasteiger partial charge in [-0.15, -0.1) is 0 Å². The first-order chi connectivity index (χ1) is 18.8. The van der Waals surface area contributed by atoms with E-state index in [0.29, 0.717) is 0 Å². The predicted molar refractivity (Wildman–Crippen MR) is 159 cm³/mol. The number of anilines is 2. The van der Waals surface area contributed by atoms with E-state index >= 15 is 0 Å². The number of hydrogen-bond acceptors (Lipinski definition) is 4. The first-order valence-corrected chi connectivity index (χ1v) is 13.7. The molecule has 1 aliphatic heterocycles. The molecule has 1 aliphatic rings. The van der Waals surface area contributed by atoms with E-state index in [9.17, 15) is 0 Å². The SMILES string of the molecule is c1ccc(Cn2c(-c3ccc(NCCCN4CCN(c5ccccc5)CC4)cc3)nc3ccccc32)cc1. The van der Waals surface area contributed by atoms with Crippen LogP contribution in [0.25, 0.3) is 22.4 Å². The van der Waals surface area contributed by atoms with Crippen molar-refractivity contribution in [2.24, 2.45) is 0 Å². The largest absolute Gasteiger partial charge is 0.385 e.